The maximum absolute atomic E-state index is 13.5. The van der Waals surface area contributed by atoms with Crippen LogP contribution in [0.25, 0.3) is 0 Å². The third kappa shape index (κ3) is 3.79. The molecule has 21 heavy (non-hydrogen) atoms. The predicted molar refractivity (Wildman–Crippen MR) is 75.0 cm³/mol. The van der Waals surface area contributed by atoms with Crippen molar-refractivity contribution in [1.29, 1.82) is 0 Å². The lowest BCUT2D eigenvalue weighted by Gasteiger charge is -2.09. The Morgan fingerprint density at radius 3 is 2.52 bits per heavy atom. The van der Waals surface area contributed by atoms with Crippen LogP contribution >= 0.6 is 0 Å². The van der Waals surface area contributed by atoms with E-state index in [9.17, 15) is 17.6 Å². The maximum atomic E-state index is 13.5. The number of benzene rings is 2. The Hall–Kier alpha value is -2.41. The molecular weight excluding hydrogens is 297 g/mol. The van der Waals surface area contributed by atoms with Crippen molar-refractivity contribution in [3.63, 3.8) is 0 Å². The topological polar surface area (TPSA) is 83.5 Å². The summed E-state index contributed by atoms with van der Waals surface area (Å²) >= 11 is 0. The molecule has 0 radical (unpaired) electrons. The van der Waals surface area contributed by atoms with Crippen LogP contribution in [-0.2, 0) is 21.2 Å². The first-order valence-electron chi connectivity index (χ1n) is 5.96. The van der Waals surface area contributed by atoms with Gasteiger partial charge in [-0.3, -0.25) is 9.52 Å². The Bertz CT molecular complexity index is 774. The molecular formula is C14H12FNO4S. The van der Waals surface area contributed by atoms with Gasteiger partial charge in [0.2, 0.25) is 0 Å². The van der Waals surface area contributed by atoms with Gasteiger partial charge in [0.25, 0.3) is 10.0 Å². The van der Waals surface area contributed by atoms with Gasteiger partial charge in [-0.05, 0) is 29.8 Å². The van der Waals surface area contributed by atoms with E-state index in [1.807, 2.05) is 0 Å². The van der Waals surface area contributed by atoms with Crippen molar-refractivity contribution in [3.05, 3.63) is 59.9 Å². The van der Waals surface area contributed by atoms with E-state index in [4.69, 9.17) is 5.11 Å². The lowest BCUT2D eigenvalue weighted by atomic mass is 10.1. The molecule has 2 aromatic carbocycles. The van der Waals surface area contributed by atoms with E-state index in [0.29, 0.717) is 5.56 Å². The standard InChI is InChI=1S/C14H12FNO4S/c15-12-6-1-2-7-13(12)21(19,20)16-11-5-3-4-10(8-11)9-14(17)18/h1-8,16H,9H2,(H,17,18). The van der Waals surface area contributed by atoms with Crippen LogP contribution in [0.4, 0.5) is 10.1 Å². The van der Waals surface area contributed by atoms with Crippen LogP contribution < -0.4 is 4.72 Å². The largest absolute Gasteiger partial charge is 0.481 e. The zero-order valence-electron chi connectivity index (χ0n) is 10.8. The van der Waals surface area contributed by atoms with Crippen molar-refractivity contribution in [2.24, 2.45) is 0 Å². The molecule has 0 aliphatic carbocycles. The Kier molecular flexibility index (Phi) is 4.23. The minimum Gasteiger partial charge on any atom is -0.481 e. The van der Waals surface area contributed by atoms with Crippen molar-refractivity contribution in [2.75, 3.05) is 4.72 Å². The highest BCUT2D eigenvalue weighted by atomic mass is 32.2. The molecule has 0 aliphatic rings. The molecule has 0 saturated carbocycles. The molecule has 2 rings (SSSR count). The van der Waals surface area contributed by atoms with Gasteiger partial charge in [-0.2, -0.15) is 0 Å². The predicted octanol–water partition coefficient (Wildman–Crippen LogP) is 2.25. The molecule has 2 aromatic rings. The zero-order valence-corrected chi connectivity index (χ0v) is 11.6. The summed E-state index contributed by atoms with van der Waals surface area (Å²) in [5.74, 6) is -1.88. The smallest absolute Gasteiger partial charge is 0.307 e. The fraction of sp³-hybridized carbons (Fsp3) is 0.0714. The van der Waals surface area contributed by atoms with Crippen molar-refractivity contribution in [2.45, 2.75) is 11.3 Å². The summed E-state index contributed by atoms with van der Waals surface area (Å²) in [4.78, 5) is 10.2. The van der Waals surface area contributed by atoms with E-state index in [2.05, 4.69) is 4.72 Å². The number of carboxylic acids is 1. The fourth-order valence-corrected chi connectivity index (χ4v) is 2.92. The third-order valence-electron chi connectivity index (χ3n) is 2.66. The molecule has 0 spiro atoms. The molecule has 0 amide bonds. The molecule has 0 saturated heterocycles. The Morgan fingerprint density at radius 1 is 1.14 bits per heavy atom. The molecule has 7 heteroatoms. The highest BCUT2D eigenvalue weighted by Crippen LogP contribution is 2.19. The molecule has 0 heterocycles. The Balaban J connectivity index is 2.29. The molecule has 0 atom stereocenters. The van der Waals surface area contributed by atoms with Gasteiger partial charge >= 0.3 is 5.97 Å². The Labute approximate surface area is 121 Å². The molecule has 0 aliphatic heterocycles. The van der Waals surface area contributed by atoms with E-state index in [1.165, 1.54) is 30.3 Å². The minimum atomic E-state index is -4.06. The maximum Gasteiger partial charge on any atom is 0.307 e. The van der Waals surface area contributed by atoms with Gasteiger partial charge in [0.1, 0.15) is 10.7 Å². The number of sulfonamides is 1. The summed E-state index contributed by atoms with van der Waals surface area (Å²) < 4.78 is 39.9. The second kappa shape index (κ2) is 5.92. The van der Waals surface area contributed by atoms with Crippen LogP contribution in [0.1, 0.15) is 5.56 Å². The molecule has 0 fully saturated rings. The number of rotatable bonds is 5. The number of anilines is 1. The van der Waals surface area contributed by atoms with Crippen molar-refractivity contribution in [1.82, 2.24) is 0 Å². The van der Waals surface area contributed by atoms with Crippen molar-refractivity contribution >= 4 is 21.7 Å². The van der Waals surface area contributed by atoms with E-state index in [-0.39, 0.29) is 12.1 Å². The summed E-state index contributed by atoms with van der Waals surface area (Å²) in [5.41, 5.74) is 0.619. The number of carbonyl (C=O) groups is 1. The number of hydrogen-bond donors (Lipinski definition) is 2. The third-order valence-corrected chi connectivity index (χ3v) is 4.08. The second-order valence-corrected chi connectivity index (χ2v) is 5.96. The fourth-order valence-electron chi connectivity index (χ4n) is 1.79. The number of nitrogens with one attached hydrogen (secondary N) is 1. The van der Waals surface area contributed by atoms with Gasteiger partial charge in [-0.1, -0.05) is 24.3 Å². The van der Waals surface area contributed by atoms with E-state index < -0.39 is 26.7 Å². The van der Waals surface area contributed by atoms with E-state index in [1.54, 1.807) is 6.07 Å². The summed E-state index contributed by atoms with van der Waals surface area (Å²) in [6.07, 6.45) is -0.227. The average Bonchev–Trinajstić information content (AvgIpc) is 2.38. The van der Waals surface area contributed by atoms with Gasteiger partial charge in [0.15, 0.2) is 0 Å². The normalized spacial score (nSPS) is 11.1. The number of aliphatic carboxylic acids is 1. The number of carboxylic acid groups (broad SMARTS) is 1. The van der Waals surface area contributed by atoms with Crippen LogP contribution in [0.2, 0.25) is 0 Å². The lowest BCUT2D eigenvalue weighted by molar-refractivity contribution is -0.136. The van der Waals surface area contributed by atoms with Crippen LogP contribution in [0, 0.1) is 5.82 Å². The van der Waals surface area contributed by atoms with Crippen LogP contribution in [0.3, 0.4) is 0 Å². The first kappa shape index (κ1) is 15.0. The first-order chi connectivity index (χ1) is 9.88. The summed E-state index contributed by atoms with van der Waals surface area (Å²) in [6, 6.07) is 11.0. The molecule has 0 unspecified atom stereocenters. The van der Waals surface area contributed by atoms with Crippen molar-refractivity contribution in [3.8, 4) is 0 Å². The summed E-state index contributed by atoms with van der Waals surface area (Å²) in [7, 11) is -4.06. The van der Waals surface area contributed by atoms with Crippen LogP contribution in [0.5, 0.6) is 0 Å². The van der Waals surface area contributed by atoms with Crippen molar-refractivity contribution < 1.29 is 22.7 Å². The summed E-state index contributed by atoms with van der Waals surface area (Å²) in [5, 5.41) is 8.72. The molecule has 0 aromatic heterocycles. The minimum absolute atomic E-state index is 0.178. The first-order valence-corrected chi connectivity index (χ1v) is 7.45. The van der Waals surface area contributed by atoms with Gasteiger partial charge in [-0.15, -0.1) is 0 Å². The lowest BCUT2D eigenvalue weighted by Crippen LogP contribution is -2.14. The van der Waals surface area contributed by atoms with Gasteiger partial charge in [0, 0.05) is 5.69 Å². The average molecular weight is 309 g/mol. The monoisotopic (exact) mass is 309 g/mol. The number of hydrogen-bond acceptors (Lipinski definition) is 3. The van der Waals surface area contributed by atoms with E-state index >= 15 is 0 Å². The summed E-state index contributed by atoms with van der Waals surface area (Å²) in [6.45, 7) is 0. The molecule has 0 bridgehead atoms. The van der Waals surface area contributed by atoms with Gasteiger partial charge in [0.05, 0.1) is 6.42 Å². The molecule has 2 N–H and O–H groups in total. The highest BCUT2D eigenvalue weighted by Gasteiger charge is 2.18. The quantitative estimate of drug-likeness (QED) is 0.887. The molecule has 5 nitrogen and oxygen atoms in total. The van der Waals surface area contributed by atoms with Gasteiger partial charge in [-0.25, -0.2) is 12.8 Å². The SMILES string of the molecule is O=C(O)Cc1cccc(NS(=O)(=O)c2ccccc2F)c1. The van der Waals surface area contributed by atoms with Crippen LogP contribution in [0.15, 0.2) is 53.4 Å². The Morgan fingerprint density at radius 2 is 1.86 bits per heavy atom. The highest BCUT2D eigenvalue weighted by molar-refractivity contribution is 7.92. The number of halogens is 1. The zero-order chi connectivity index (χ0) is 15.5. The van der Waals surface area contributed by atoms with E-state index in [0.717, 1.165) is 12.1 Å². The van der Waals surface area contributed by atoms with Gasteiger partial charge < -0.3 is 5.11 Å². The van der Waals surface area contributed by atoms with Crippen LogP contribution in [-0.4, -0.2) is 19.5 Å². The second-order valence-electron chi connectivity index (χ2n) is 4.31. The molecule has 110 valence electrons.